The van der Waals surface area contributed by atoms with Crippen LogP contribution in [-0.4, -0.2) is 74.0 Å². The minimum absolute atomic E-state index is 0.000784. The van der Waals surface area contributed by atoms with E-state index in [1.54, 1.807) is 36.3 Å². The third kappa shape index (κ3) is 9.78. The van der Waals surface area contributed by atoms with Crippen LogP contribution in [0.1, 0.15) is 63.3 Å². The molecule has 0 aromatic heterocycles. The van der Waals surface area contributed by atoms with Gasteiger partial charge in [-0.15, -0.1) is 0 Å². The first-order valence-corrected chi connectivity index (χ1v) is 17.5. The van der Waals surface area contributed by atoms with Crippen molar-refractivity contribution in [2.24, 2.45) is 5.92 Å². The fraction of sp³-hybridized carbons (Fsp3) is 0.425. The second-order valence-electron chi connectivity index (χ2n) is 13.2. The van der Waals surface area contributed by atoms with Gasteiger partial charge in [0.05, 0.1) is 19.1 Å². The standard InChI is InChI=1S/C40H44FNO11/c1-23(43)49-22-35-38(51-25(3)45)39(52-26(4)46)37(50-24(2)44)34(53-35)21-28-9-13-29(14-10-28)36-33(8-6-7-27-11-15-30(41)16-12-27)40(47)42(36)31-17-19-32(48-5)20-18-31/h9-20,33-39H,6-8,21-22H2,1-5H3/t33-,34+,35-,36-,37+,38-,39-/m1/s1. The molecule has 0 spiro atoms. The number of hydrogen-bond donors (Lipinski definition) is 0. The van der Waals surface area contributed by atoms with Crippen molar-refractivity contribution in [3.63, 3.8) is 0 Å². The Kier molecular flexibility index (Phi) is 12.8. The van der Waals surface area contributed by atoms with E-state index in [2.05, 4.69) is 0 Å². The fourth-order valence-electron chi connectivity index (χ4n) is 6.98. The van der Waals surface area contributed by atoms with E-state index in [4.69, 9.17) is 28.4 Å². The van der Waals surface area contributed by atoms with Gasteiger partial charge >= 0.3 is 23.9 Å². The first-order valence-electron chi connectivity index (χ1n) is 17.5. The molecule has 2 heterocycles. The molecule has 2 aliphatic rings. The molecule has 2 fully saturated rings. The van der Waals surface area contributed by atoms with Crippen LogP contribution in [0.5, 0.6) is 5.75 Å². The molecule has 5 rings (SSSR count). The molecule has 0 bridgehead atoms. The molecular formula is C40H44FNO11. The Morgan fingerprint density at radius 1 is 0.717 bits per heavy atom. The van der Waals surface area contributed by atoms with Crippen molar-refractivity contribution < 1.29 is 56.8 Å². The van der Waals surface area contributed by atoms with Crippen molar-refractivity contribution in [2.75, 3.05) is 18.6 Å². The number of aryl methyl sites for hydroxylation is 1. The zero-order chi connectivity index (χ0) is 38.2. The first kappa shape index (κ1) is 38.9. The molecule has 0 radical (unpaired) electrons. The van der Waals surface area contributed by atoms with Crippen molar-refractivity contribution in [1.82, 2.24) is 0 Å². The van der Waals surface area contributed by atoms with Crippen molar-refractivity contribution >= 4 is 35.5 Å². The monoisotopic (exact) mass is 733 g/mol. The third-order valence-electron chi connectivity index (χ3n) is 9.30. The fourth-order valence-corrected chi connectivity index (χ4v) is 6.98. The summed E-state index contributed by atoms with van der Waals surface area (Å²) in [4.78, 5) is 63.7. The smallest absolute Gasteiger partial charge is 0.303 e. The summed E-state index contributed by atoms with van der Waals surface area (Å²) < 4.78 is 46.9. The van der Waals surface area contributed by atoms with Gasteiger partial charge in [0.25, 0.3) is 0 Å². The van der Waals surface area contributed by atoms with Crippen LogP contribution in [-0.2, 0) is 60.5 Å². The predicted octanol–water partition coefficient (Wildman–Crippen LogP) is 5.23. The summed E-state index contributed by atoms with van der Waals surface area (Å²) in [5, 5.41) is 0. The molecule has 13 heteroatoms. The van der Waals surface area contributed by atoms with Crippen LogP contribution < -0.4 is 9.64 Å². The van der Waals surface area contributed by atoms with Crippen molar-refractivity contribution in [3.05, 3.63) is 95.3 Å². The van der Waals surface area contributed by atoms with Crippen LogP contribution in [0.2, 0.25) is 0 Å². The summed E-state index contributed by atoms with van der Waals surface area (Å²) in [6.07, 6.45) is -3.38. The summed E-state index contributed by atoms with van der Waals surface area (Å²) >= 11 is 0. The molecule has 7 atom stereocenters. The number of amides is 1. The van der Waals surface area contributed by atoms with Gasteiger partial charge in [-0.2, -0.15) is 0 Å². The number of carbonyl (C=O) groups excluding carboxylic acids is 5. The molecule has 282 valence electrons. The van der Waals surface area contributed by atoms with Crippen LogP contribution in [0.15, 0.2) is 72.8 Å². The molecule has 12 nitrogen and oxygen atoms in total. The molecular weight excluding hydrogens is 689 g/mol. The molecule has 1 amide bonds. The van der Waals surface area contributed by atoms with Gasteiger partial charge in [0.1, 0.15) is 30.4 Å². The van der Waals surface area contributed by atoms with Gasteiger partial charge in [0.2, 0.25) is 5.91 Å². The van der Waals surface area contributed by atoms with E-state index in [1.165, 1.54) is 39.8 Å². The molecule has 3 aromatic carbocycles. The Hall–Kier alpha value is -5.30. The Labute approximate surface area is 307 Å². The second kappa shape index (κ2) is 17.5. The number of methoxy groups -OCH3 is 1. The van der Waals surface area contributed by atoms with E-state index in [1.807, 2.05) is 36.4 Å². The normalized spacial score (nSPS) is 23.7. The van der Waals surface area contributed by atoms with Gasteiger partial charge in [-0.3, -0.25) is 24.0 Å². The Bertz CT molecular complexity index is 1760. The number of benzene rings is 3. The lowest BCUT2D eigenvalue weighted by atomic mass is 9.78. The minimum atomic E-state index is -1.26. The maximum Gasteiger partial charge on any atom is 0.303 e. The van der Waals surface area contributed by atoms with E-state index in [0.29, 0.717) is 18.6 Å². The van der Waals surface area contributed by atoms with E-state index < -0.39 is 54.4 Å². The zero-order valence-corrected chi connectivity index (χ0v) is 30.3. The Morgan fingerprint density at radius 2 is 1.28 bits per heavy atom. The van der Waals surface area contributed by atoms with Crippen molar-refractivity contribution in [1.29, 1.82) is 0 Å². The van der Waals surface area contributed by atoms with Gasteiger partial charge in [0, 0.05) is 39.8 Å². The minimum Gasteiger partial charge on any atom is -0.497 e. The molecule has 0 N–H and O–H groups in total. The van der Waals surface area contributed by atoms with E-state index in [9.17, 15) is 28.4 Å². The molecule has 0 unspecified atom stereocenters. The largest absolute Gasteiger partial charge is 0.497 e. The van der Waals surface area contributed by atoms with Gasteiger partial charge in [0.15, 0.2) is 18.3 Å². The molecule has 0 aliphatic carbocycles. The van der Waals surface area contributed by atoms with Crippen LogP contribution in [0.3, 0.4) is 0 Å². The van der Waals surface area contributed by atoms with Gasteiger partial charge in [-0.1, -0.05) is 36.4 Å². The number of rotatable bonds is 14. The summed E-state index contributed by atoms with van der Waals surface area (Å²) in [5.74, 6) is -2.59. The van der Waals surface area contributed by atoms with Gasteiger partial charge in [-0.05, 0) is 72.4 Å². The highest BCUT2D eigenvalue weighted by Crippen LogP contribution is 2.46. The summed E-state index contributed by atoms with van der Waals surface area (Å²) in [7, 11) is 1.58. The average Bonchev–Trinajstić information content (AvgIpc) is 3.11. The van der Waals surface area contributed by atoms with Crippen molar-refractivity contribution in [2.45, 2.75) is 89.9 Å². The Morgan fingerprint density at radius 3 is 1.85 bits per heavy atom. The molecule has 2 saturated heterocycles. The number of esters is 4. The van der Waals surface area contributed by atoms with Crippen molar-refractivity contribution in [3.8, 4) is 5.75 Å². The molecule has 53 heavy (non-hydrogen) atoms. The topological polar surface area (TPSA) is 144 Å². The lowest BCUT2D eigenvalue weighted by Gasteiger charge is -2.48. The number of halogens is 1. The molecule has 0 saturated carbocycles. The maximum absolute atomic E-state index is 13.7. The number of anilines is 1. The first-order chi connectivity index (χ1) is 25.3. The van der Waals surface area contributed by atoms with Gasteiger partial charge in [-0.25, -0.2) is 4.39 Å². The lowest BCUT2D eigenvalue weighted by molar-refractivity contribution is -0.252. The number of β-lactam (4-membered cyclic amide) rings is 1. The predicted molar refractivity (Wildman–Crippen MR) is 188 cm³/mol. The third-order valence-corrected chi connectivity index (χ3v) is 9.30. The van der Waals surface area contributed by atoms with Crippen LogP contribution >= 0.6 is 0 Å². The van der Waals surface area contributed by atoms with E-state index in [-0.39, 0.29) is 36.7 Å². The highest BCUT2D eigenvalue weighted by molar-refractivity contribution is 6.03. The highest BCUT2D eigenvalue weighted by Gasteiger charge is 2.52. The van der Waals surface area contributed by atoms with Crippen LogP contribution in [0, 0.1) is 11.7 Å². The number of hydrogen-bond acceptors (Lipinski definition) is 11. The van der Waals surface area contributed by atoms with E-state index in [0.717, 1.165) is 28.8 Å². The van der Waals surface area contributed by atoms with E-state index >= 15 is 0 Å². The Balaban J connectivity index is 1.40. The SMILES string of the molecule is COc1ccc(N2C(=O)[C@H](CCCc3ccc(F)cc3)[C@H]2c2ccc(C[C@@H]3O[C@H](COC(C)=O)[C@@H](OC(C)=O)[C@H](OC(C)=O)[C@H]3OC(C)=O)cc2)cc1. The molecule has 2 aliphatic heterocycles. The number of ether oxygens (including phenoxy) is 6. The summed E-state index contributed by atoms with van der Waals surface area (Å²) in [6, 6.07) is 21.0. The molecule has 3 aromatic rings. The van der Waals surface area contributed by atoms with Crippen LogP contribution in [0.25, 0.3) is 0 Å². The highest BCUT2D eigenvalue weighted by atomic mass is 19.1. The number of nitrogens with zero attached hydrogens (tertiary/aromatic N) is 1. The summed E-state index contributed by atoms with van der Waals surface area (Å²) in [6.45, 7) is 4.45. The summed E-state index contributed by atoms with van der Waals surface area (Å²) in [5.41, 5.74) is 3.40. The number of carbonyl (C=O) groups is 5. The second-order valence-corrected chi connectivity index (χ2v) is 13.2. The maximum atomic E-state index is 13.7. The lowest BCUT2D eigenvalue weighted by Crippen LogP contribution is -2.62. The van der Waals surface area contributed by atoms with Gasteiger partial charge < -0.3 is 33.3 Å². The average molecular weight is 734 g/mol. The van der Waals surface area contributed by atoms with Crippen LogP contribution in [0.4, 0.5) is 10.1 Å². The quantitative estimate of drug-likeness (QED) is 0.122. The zero-order valence-electron chi connectivity index (χ0n) is 30.3.